The molecule has 0 heterocycles. The maximum absolute atomic E-state index is 13.2. The van der Waals surface area contributed by atoms with Crippen LogP contribution >= 0.6 is 11.6 Å². The molecule has 2 atom stereocenters. The van der Waals surface area contributed by atoms with Crippen molar-refractivity contribution >= 4 is 17.4 Å². The molecule has 92 valence electrons. The zero-order valence-corrected chi connectivity index (χ0v) is 10.2. The molecule has 0 aromatic heterocycles. The summed E-state index contributed by atoms with van der Waals surface area (Å²) in [6.45, 7) is 0. The number of benzene rings is 1. The van der Waals surface area contributed by atoms with Crippen molar-refractivity contribution in [3.05, 3.63) is 34.6 Å². The van der Waals surface area contributed by atoms with Gasteiger partial charge in [0, 0.05) is 18.4 Å². The SMILES string of the molecule is NC1CCCC1C(=O)Cc1cccc(F)c1Cl. The molecule has 1 aromatic carbocycles. The number of halogens is 2. The lowest BCUT2D eigenvalue weighted by Crippen LogP contribution is -2.31. The topological polar surface area (TPSA) is 43.1 Å². The van der Waals surface area contributed by atoms with Crippen LogP contribution in [0.15, 0.2) is 18.2 Å². The van der Waals surface area contributed by atoms with Crippen LogP contribution in [0.3, 0.4) is 0 Å². The monoisotopic (exact) mass is 255 g/mol. The molecule has 1 aliphatic carbocycles. The van der Waals surface area contributed by atoms with E-state index in [-0.39, 0.29) is 29.2 Å². The maximum Gasteiger partial charge on any atom is 0.142 e. The largest absolute Gasteiger partial charge is 0.327 e. The molecule has 2 nitrogen and oxygen atoms in total. The summed E-state index contributed by atoms with van der Waals surface area (Å²) in [4.78, 5) is 12.0. The van der Waals surface area contributed by atoms with Gasteiger partial charge in [0.15, 0.2) is 0 Å². The second-order valence-corrected chi connectivity index (χ2v) is 4.94. The zero-order chi connectivity index (χ0) is 12.4. The Hall–Kier alpha value is -0.930. The summed E-state index contributed by atoms with van der Waals surface area (Å²) in [6, 6.07) is 4.50. The van der Waals surface area contributed by atoms with Crippen LogP contribution in [0.1, 0.15) is 24.8 Å². The van der Waals surface area contributed by atoms with Crippen molar-refractivity contribution in [2.24, 2.45) is 11.7 Å². The Morgan fingerprint density at radius 3 is 2.88 bits per heavy atom. The number of ketones is 1. The van der Waals surface area contributed by atoms with Gasteiger partial charge in [0.2, 0.25) is 0 Å². The summed E-state index contributed by atoms with van der Waals surface area (Å²) in [5.74, 6) is -0.496. The molecule has 0 amide bonds. The highest BCUT2D eigenvalue weighted by Crippen LogP contribution is 2.27. The highest BCUT2D eigenvalue weighted by molar-refractivity contribution is 6.31. The summed E-state index contributed by atoms with van der Waals surface area (Å²) in [5.41, 5.74) is 6.43. The second-order valence-electron chi connectivity index (χ2n) is 4.56. The van der Waals surface area contributed by atoms with Crippen LogP contribution in [0.2, 0.25) is 5.02 Å². The first-order chi connectivity index (χ1) is 8.09. The minimum atomic E-state index is -0.479. The third-order valence-electron chi connectivity index (χ3n) is 3.38. The van der Waals surface area contributed by atoms with E-state index in [0.717, 1.165) is 19.3 Å². The van der Waals surface area contributed by atoms with E-state index in [9.17, 15) is 9.18 Å². The minimum Gasteiger partial charge on any atom is -0.327 e. The molecule has 2 unspecified atom stereocenters. The van der Waals surface area contributed by atoms with Crippen LogP contribution in [-0.4, -0.2) is 11.8 Å². The molecule has 0 saturated heterocycles. The molecule has 17 heavy (non-hydrogen) atoms. The molecule has 2 rings (SSSR count). The van der Waals surface area contributed by atoms with Gasteiger partial charge in [0.05, 0.1) is 5.02 Å². The molecule has 0 aliphatic heterocycles. The lowest BCUT2D eigenvalue weighted by Gasteiger charge is -2.14. The van der Waals surface area contributed by atoms with Gasteiger partial charge >= 0.3 is 0 Å². The Kier molecular flexibility index (Phi) is 3.79. The highest BCUT2D eigenvalue weighted by Gasteiger charge is 2.30. The molecule has 1 saturated carbocycles. The predicted octanol–water partition coefficient (Wildman–Crippen LogP) is 2.72. The highest BCUT2D eigenvalue weighted by atomic mass is 35.5. The van der Waals surface area contributed by atoms with Gasteiger partial charge in [-0.2, -0.15) is 0 Å². The molecule has 1 aromatic rings. The third-order valence-corrected chi connectivity index (χ3v) is 3.80. The Balaban J connectivity index is 2.10. The van der Waals surface area contributed by atoms with Gasteiger partial charge in [-0.1, -0.05) is 30.2 Å². The van der Waals surface area contributed by atoms with Crippen molar-refractivity contribution in [2.75, 3.05) is 0 Å². The Morgan fingerprint density at radius 2 is 2.24 bits per heavy atom. The van der Waals surface area contributed by atoms with Gasteiger partial charge in [-0.05, 0) is 24.5 Å². The van der Waals surface area contributed by atoms with Crippen molar-refractivity contribution in [1.29, 1.82) is 0 Å². The minimum absolute atomic E-state index is 0.0464. The van der Waals surface area contributed by atoms with Crippen molar-refractivity contribution in [3.63, 3.8) is 0 Å². The van der Waals surface area contributed by atoms with Crippen LogP contribution in [-0.2, 0) is 11.2 Å². The van der Waals surface area contributed by atoms with Gasteiger partial charge in [0.25, 0.3) is 0 Å². The summed E-state index contributed by atoms with van der Waals surface area (Å²) in [5, 5.41) is 0.0485. The smallest absolute Gasteiger partial charge is 0.142 e. The maximum atomic E-state index is 13.2. The predicted molar refractivity (Wildman–Crippen MR) is 65.4 cm³/mol. The number of rotatable bonds is 3. The van der Waals surface area contributed by atoms with Crippen LogP contribution in [0.25, 0.3) is 0 Å². The lowest BCUT2D eigenvalue weighted by molar-refractivity contribution is -0.122. The summed E-state index contributed by atoms with van der Waals surface area (Å²) in [7, 11) is 0. The van der Waals surface area contributed by atoms with Crippen LogP contribution in [0, 0.1) is 11.7 Å². The fourth-order valence-electron chi connectivity index (χ4n) is 2.39. The Morgan fingerprint density at radius 1 is 1.47 bits per heavy atom. The number of hydrogen-bond donors (Lipinski definition) is 1. The van der Waals surface area contributed by atoms with E-state index in [2.05, 4.69) is 0 Å². The molecule has 1 fully saturated rings. The molecular weight excluding hydrogens is 241 g/mol. The molecule has 1 aliphatic rings. The van der Waals surface area contributed by atoms with Gasteiger partial charge in [-0.3, -0.25) is 4.79 Å². The van der Waals surface area contributed by atoms with Crippen molar-refractivity contribution in [3.8, 4) is 0 Å². The molecule has 0 bridgehead atoms. The first-order valence-electron chi connectivity index (χ1n) is 5.81. The fraction of sp³-hybridized carbons (Fsp3) is 0.462. The molecular formula is C13H15ClFNO. The molecule has 0 spiro atoms. The summed E-state index contributed by atoms with van der Waals surface area (Å²) >= 11 is 5.82. The van der Waals surface area contributed by atoms with Gasteiger partial charge in [-0.25, -0.2) is 4.39 Å². The van der Waals surface area contributed by atoms with Crippen molar-refractivity contribution < 1.29 is 9.18 Å². The quantitative estimate of drug-likeness (QED) is 0.903. The lowest BCUT2D eigenvalue weighted by atomic mass is 9.94. The normalized spacial score (nSPS) is 23.9. The molecule has 0 radical (unpaired) electrons. The van der Waals surface area contributed by atoms with Gasteiger partial charge < -0.3 is 5.73 Å². The van der Waals surface area contributed by atoms with E-state index in [4.69, 9.17) is 17.3 Å². The van der Waals surface area contributed by atoms with Crippen LogP contribution in [0.5, 0.6) is 0 Å². The third kappa shape index (κ3) is 2.67. The first kappa shape index (κ1) is 12.5. The summed E-state index contributed by atoms with van der Waals surface area (Å²) < 4.78 is 13.2. The number of hydrogen-bond acceptors (Lipinski definition) is 2. The number of carbonyl (C=O) groups excluding carboxylic acids is 1. The van der Waals surface area contributed by atoms with E-state index in [1.54, 1.807) is 12.1 Å². The van der Waals surface area contributed by atoms with Gasteiger partial charge in [0.1, 0.15) is 11.6 Å². The van der Waals surface area contributed by atoms with Crippen molar-refractivity contribution in [2.45, 2.75) is 31.7 Å². The second kappa shape index (κ2) is 5.15. The average Bonchev–Trinajstić information content (AvgIpc) is 2.71. The van der Waals surface area contributed by atoms with E-state index < -0.39 is 5.82 Å². The van der Waals surface area contributed by atoms with E-state index >= 15 is 0 Å². The zero-order valence-electron chi connectivity index (χ0n) is 9.46. The Labute approximate surface area is 105 Å². The van der Waals surface area contributed by atoms with E-state index in [0.29, 0.717) is 5.56 Å². The van der Waals surface area contributed by atoms with E-state index in [1.807, 2.05) is 0 Å². The van der Waals surface area contributed by atoms with Crippen LogP contribution in [0.4, 0.5) is 4.39 Å². The summed E-state index contributed by atoms with van der Waals surface area (Å²) in [6.07, 6.45) is 2.91. The van der Waals surface area contributed by atoms with Crippen molar-refractivity contribution in [1.82, 2.24) is 0 Å². The first-order valence-corrected chi connectivity index (χ1v) is 6.18. The molecule has 2 N–H and O–H groups in total. The standard InChI is InChI=1S/C13H15ClFNO/c14-13-8(3-1-5-10(13)15)7-12(17)9-4-2-6-11(9)16/h1,3,5,9,11H,2,4,6-7,16H2. The molecule has 4 heteroatoms. The van der Waals surface area contributed by atoms with Gasteiger partial charge in [-0.15, -0.1) is 0 Å². The number of Topliss-reactive ketones (excluding diaryl/α,β-unsaturated/α-hetero) is 1. The van der Waals surface area contributed by atoms with Crippen LogP contribution < -0.4 is 5.73 Å². The Bertz CT molecular complexity index is 435. The average molecular weight is 256 g/mol. The fourth-order valence-corrected chi connectivity index (χ4v) is 2.59. The number of carbonyl (C=O) groups is 1. The van der Waals surface area contributed by atoms with E-state index in [1.165, 1.54) is 6.07 Å². The number of nitrogens with two attached hydrogens (primary N) is 1.